The molecule has 0 bridgehead atoms. The van der Waals surface area contributed by atoms with Crippen molar-refractivity contribution in [2.24, 2.45) is 0 Å². The van der Waals surface area contributed by atoms with Gasteiger partial charge in [0.15, 0.2) is 6.61 Å². The maximum absolute atomic E-state index is 13.0. The highest BCUT2D eigenvalue weighted by molar-refractivity contribution is 5.96. The van der Waals surface area contributed by atoms with E-state index < -0.39 is 11.7 Å². The standard InChI is InChI=1S/C17H15FN2O4/c18-11-2-1-3-13(8-11)24-10-17(22)19-12-4-5-15-14(9-12)20-16(21)6-7-23-15/h1-5,8-9H,6-7,10H2,(H,19,22)(H,20,21). The van der Waals surface area contributed by atoms with Crippen molar-refractivity contribution in [2.45, 2.75) is 6.42 Å². The van der Waals surface area contributed by atoms with Crippen molar-refractivity contribution >= 4 is 23.2 Å². The summed E-state index contributed by atoms with van der Waals surface area (Å²) >= 11 is 0. The van der Waals surface area contributed by atoms with Crippen LogP contribution >= 0.6 is 0 Å². The van der Waals surface area contributed by atoms with E-state index in [2.05, 4.69) is 10.6 Å². The number of benzene rings is 2. The summed E-state index contributed by atoms with van der Waals surface area (Å²) in [4.78, 5) is 23.5. The number of carbonyl (C=O) groups excluding carboxylic acids is 2. The SMILES string of the molecule is O=C(COc1cccc(F)c1)Nc1ccc2c(c1)NC(=O)CCO2. The molecule has 7 heteroatoms. The van der Waals surface area contributed by atoms with Crippen LogP contribution in [-0.4, -0.2) is 25.0 Å². The average molecular weight is 330 g/mol. The van der Waals surface area contributed by atoms with E-state index in [1.54, 1.807) is 24.3 Å². The Morgan fingerprint density at radius 1 is 1.29 bits per heavy atom. The largest absolute Gasteiger partial charge is 0.491 e. The van der Waals surface area contributed by atoms with Crippen LogP contribution < -0.4 is 20.1 Å². The van der Waals surface area contributed by atoms with E-state index in [9.17, 15) is 14.0 Å². The van der Waals surface area contributed by atoms with Crippen molar-refractivity contribution in [2.75, 3.05) is 23.8 Å². The van der Waals surface area contributed by atoms with Crippen LogP contribution in [0.1, 0.15) is 6.42 Å². The molecule has 6 nitrogen and oxygen atoms in total. The van der Waals surface area contributed by atoms with Gasteiger partial charge in [0.2, 0.25) is 5.91 Å². The Balaban J connectivity index is 1.61. The van der Waals surface area contributed by atoms with E-state index in [0.717, 1.165) is 0 Å². The Kier molecular flexibility index (Phi) is 4.60. The van der Waals surface area contributed by atoms with Gasteiger partial charge in [-0.2, -0.15) is 0 Å². The molecule has 0 aliphatic carbocycles. The van der Waals surface area contributed by atoms with Crippen molar-refractivity contribution in [1.82, 2.24) is 0 Å². The number of hydrogen-bond donors (Lipinski definition) is 2. The maximum atomic E-state index is 13.0. The summed E-state index contributed by atoms with van der Waals surface area (Å²) in [6.07, 6.45) is 0.276. The molecule has 2 aromatic carbocycles. The number of carbonyl (C=O) groups is 2. The molecule has 0 spiro atoms. The maximum Gasteiger partial charge on any atom is 0.262 e. The molecule has 0 fully saturated rings. The van der Waals surface area contributed by atoms with Crippen LogP contribution in [0.15, 0.2) is 42.5 Å². The Bertz CT molecular complexity index is 779. The molecular formula is C17H15FN2O4. The van der Waals surface area contributed by atoms with Gasteiger partial charge in [0.05, 0.1) is 18.7 Å². The van der Waals surface area contributed by atoms with Crippen LogP contribution in [0.4, 0.5) is 15.8 Å². The fourth-order valence-corrected chi connectivity index (χ4v) is 2.20. The molecule has 0 unspecified atom stereocenters. The number of anilines is 2. The molecule has 0 atom stereocenters. The van der Waals surface area contributed by atoms with Crippen molar-refractivity contribution in [3.05, 3.63) is 48.3 Å². The van der Waals surface area contributed by atoms with Gasteiger partial charge in [-0.25, -0.2) is 4.39 Å². The second-order valence-electron chi connectivity index (χ2n) is 5.15. The first-order valence-electron chi connectivity index (χ1n) is 7.35. The Morgan fingerprint density at radius 3 is 3.00 bits per heavy atom. The summed E-state index contributed by atoms with van der Waals surface area (Å²) in [5, 5.41) is 5.36. The van der Waals surface area contributed by atoms with Crippen LogP contribution in [0.2, 0.25) is 0 Å². The lowest BCUT2D eigenvalue weighted by molar-refractivity contribution is -0.118. The van der Waals surface area contributed by atoms with E-state index in [-0.39, 0.29) is 24.7 Å². The minimum Gasteiger partial charge on any atom is -0.491 e. The molecular weight excluding hydrogens is 315 g/mol. The topological polar surface area (TPSA) is 76.7 Å². The van der Waals surface area contributed by atoms with Crippen molar-refractivity contribution < 1.29 is 23.5 Å². The number of amides is 2. The number of rotatable bonds is 4. The lowest BCUT2D eigenvalue weighted by Gasteiger charge is -2.11. The highest BCUT2D eigenvalue weighted by Gasteiger charge is 2.14. The third-order valence-corrected chi connectivity index (χ3v) is 3.29. The lowest BCUT2D eigenvalue weighted by Crippen LogP contribution is -2.20. The molecule has 2 aromatic rings. The Hall–Kier alpha value is -3.09. The van der Waals surface area contributed by atoms with Gasteiger partial charge >= 0.3 is 0 Å². The summed E-state index contributed by atoms with van der Waals surface area (Å²) in [5.41, 5.74) is 0.994. The van der Waals surface area contributed by atoms with Crippen molar-refractivity contribution in [3.63, 3.8) is 0 Å². The van der Waals surface area contributed by atoms with Gasteiger partial charge < -0.3 is 20.1 Å². The molecule has 0 saturated carbocycles. The van der Waals surface area contributed by atoms with E-state index in [0.29, 0.717) is 23.7 Å². The van der Waals surface area contributed by atoms with Gasteiger partial charge in [-0.05, 0) is 30.3 Å². The summed E-state index contributed by atoms with van der Waals surface area (Å²) < 4.78 is 23.7. The highest BCUT2D eigenvalue weighted by Crippen LogP contribution is 2.30. The molecule has 24 heavy (non-hydrogen) atoms. The highest BCUT2D eigenvalue weighted by atomic mass is 19.1. The van der Waals surface area contributed by atoms with Gasteiger partial charge in [-0.1, -0.05) is 6.07 Å². The zero-order chi connectivity index (χ0) is 16.9. The molecule has 0 aromatic heterocycles. The fraction of sp³-hybridized carbons (Fsp3) is 0.176. The van der Waals surface area contributed by atoms with Gasteiger partial charge in [-0.3, -0.25) is 9.59 Å². The van der Waals surface area contributed by atoms with Gasteiger partial charge in [0.25, 0.3) is 5.91 Å². The van der Waals surface area contributed by atoms with E-state index in [1.807, 2.05) is 0 Å². The first kappa shape index (κ1) is 15.8. The number of ether oxygens (including phenoxy) is 2. The second kappa shape index (κ2) is 6.99. The smallest absolute Gasteiger partial charge is 0.262 e. The summed E-state index contributed by atoms with van der Waals surface area (Å²) in [6, 6.07) is 10.5. The van der Waals surface area contributed by atoms with Gasteiger partial charge in [-0.15, -0.1) is 0 Å². The Morgan fingerprint density at radius 2 is 2.17 bits per heavy atom. The number of nitrogens with one attached hydrogen (secondary N) is 2. The summed E-state index contributed by atoms with van der Waals surface area (Å²) in [7, 11) is 0. The number of halogens is 1. The molecule has 2 N–H and O–H groups in total. The van der Waals surface area contributed by atoms with Crippen molar-refractivity contribution in [1.29, 1.82) is 0 Å². The van der Waals surface area contributed by atoms with Gasteiger partial charge in [0, 0.05) is 11.8 Å². The predicted octanol–water partition coefficient (Wildman–Crippen LogP) is 2.56. The molecule has 3 rings (SSSR count). The van der Waals surface area contributed by atoms with Crippen LogP contribution in [0, 0.1) is 5.82 Å². The number of hydrogen-bond acceptors (Lipinski definition) is 4. The third-order valence-electron chi connectivity index (χ3n) is 3.29. The van der Waals surface area contributed by atoms with Gasteiger partial charge in [0.1, 0.15) is 17.3 Å². The quantitative estimate of drug-likeness (QED) is 0.903. The van der Waals surface area contributed by atoms with Crippen LogP contribution in [0.25, 0.3) is 0 Å². The molecule has 1 aliphatic rings. The minimum absolute atomic E-state index is 0.147. The molecule has 1 heterocycles. The monoisotopic (exact) mass is 330 g/mol. The van der Waals surface area contributed by atoms with E-state index >= 15 is 0 Å². The van der Waals surface area contributed by atoms with Crippen molar-refractivity contribution in [3.8, 4) is 11.5 Å². The summed E-state index contributed by atoms with van der Waals surface area (Å²) in [6.45, 7) is 0.0510. The van der Waals surface area contributed by atoms with Crippen LogP contribution in [-0.2, 0) is 9.59 Å². The molecule has 124 valence electrons. The van der Waals surface area contributed by atoms with Crippen LogP contribution in [0.5, 0.6) is 11.5 Å². The normalized spacial score (nSPS) is 13.1. The molecule has 1 aliphatic heterocycles. The fourth-order valence-electron chi connectivity index (χ4n) is 2.20. The number of fused-ring (bicyclic) bond motifs is 1. The molecule has 0 radical (unpaired) electrons. The molecule has 2 amide bonds. The third kappa shape index (κ3) is 4.01. The lowest BCUT2D eigenvalue weighted by atomic mass is 10.2. The predicted molar refractivity (Wildman–Crippen MR) is 85.7 cm³/mol. The van der Waals surface area contributed by atoms with Crippen LogP contribution in [0.3, 0.4) is 0 Å². The minimum atomic E-state index is -0.436. The second-order valence-corrected chi connectivity index (χ2v) is 5.15. The molecule has 0 saturated heterocycles. The van der Waals surface area contributed by atoms with E-state index in [4.69, 9.17) is 9.47 Å². The first-order chi connectivity index (χ1) is 11.6. The Labute approximate surface area is 137 Å². The van der Waals surface area contributed by atoms with E-state index in [1.165, 1.54) is 18.2 Å². The summed E-state index contributed by atoms with van der Waals surface area (Å²) in [5.74, 6) is -0.163. The zero-order valence-corrected chi connectivity index (χ0v) is 12.7. The first-order valence-corrected chi connectivity index (χ1v) is 7.35. The zero-order valence-electron chi connectivity index (χ0n) is 12.7. The average Bonchev–Trinajstić information content (AvgIpc) is 2.73.